The van der Waals surface area contributed by atoms with Gasteiger partial charge in [0, 0.05) is 7.05 Å². The number of ether oxygens (including phenoxy) is 2. The Balaban J connectivity index is 2.35. The average molecular weight is 354 g/mol. The summed E-state index contributed by atoms with van der Waals surface area (Å²) in [5.41, 5.74) is -0.497. The number of halogens is 2. The van der Waals surface area contributed by atoms with Crippen LogP contribution in [0.3, 0.4) is 0 Å². The van der Waals surface area contributed by atoms with Gasteiger partial charge in [-0.05, 0) is 12.1 Å². The Morgan fingerprint density at radius 3 is 2.59 bits per heavy atom. The lowest BCUT2D eigenvalue weighted by molar-refractivity contribution is -0.0482. The second-order valence-electron chi connectivity index (χ2n) is 4.52. The standard InChI is InChI=1S/C12H13ClFNO6S/c1-15(6-11-20-2-3-21-11)22(18,19)10-4-7(12(16)17)8(13)5-9(10)14/h4-5,11H,2-3,6H2,1H3,(H,16,17). The molecule has 10 heteroatoms. The summed E-state index contributed by atoms with van der Waals surface area (Å²) in [5.74, 6) is -2.58. The molecule has 1 aromatic carbocycles. The fourth-order valence-corrected chi connectivity index (χ4v) is 3.34. The second kappa shape index (κ2) is 6.47. The van der Waals surface area contributed by atoms with Crippen molar-refractivity contribution in [2.24, 2.45) is 0 Å². The number of hydrogen-bond donors (Lipinski definition) is 1. The van der Waals surface area contributed by atoms with Crippen molar-refractivity contribution in [3.8, 4) is 0 Å². The first kappa shape index (κ1) is 17.1. The number of nitrogens with zero attached hydrogens (tertiary/aromatic N) is 1. The van der Waals surface area contributed by atoms with Crippen molar-refractivity contribution in [1.29, 1.82) is 0 Å². The number of sulfonamides is 1. The first-order valence-corrected chi connectivity index (χ1v) is 7.97. The maximum Gasteiger partial charge on any atom is 0.337 e. The van der Waals surface area contributed by atoms with E-state index < -0.39 is 38.6 Å². The van der Waals surface area contributed by atoms with Crippen LogP contribution in [0.15, 0.2) is 17.0 Å². The molecule has 0 spiro atoms. The van der Waals surface area contributed by atoms with E-state index in [0.29, 0.717) is 25.3 Å². The van der Waals surface area contributed by atoms with Crippen molar-refractivity contribution < 1.29 is 32.2 Å². The first-order chi connectivity index (χ1) is 10.2. The van der Waals surface area contributed by atoms with Gasteiger partial charge in [-0.25, -0.2) is 17.6 Å². The third kappa shape index (κ3) is 3.39. The fourth-order valence-electron chi connectivity index (χ4n) is 1.88. The highest BCUT2D eigenvalue weighted by Crippen LogP contribution is 2.26. The van der Waals surface area contributed by atoms with E-state index >= 15 is 0 Å². The summed E-state index contributed by atoms with van der Waals surface area (Å²) in [6, 6.07) is 1.36. The van der Waals surface area contributed by atoms with E-state index in [1.165, 1.54) is 7.05 Å². The zero-order chi connectivity index (χ0) is 16.5. The molecule has 0 unspecified atom stereocenters. The number of aromatic carboxylic acids is 1. The molecule has 0 saturated carbocycles. The van der Waals surface area contributed by atoms with Crippen molar-refractivity contribution in [3.05, 3.63) is 28.5 Å². The number of carboxylic acid groups (broad SMARTS) is 1. The molecule has 0 bridgehead atoms. The number of carbonyl (C=O) groups is 1. The van der Waals surface area contributed by atoms with E-state index in [1.54, 1.807) is 0 Å². The van der Waals surface area contributed by atoms with Gasteiger partial charge < -0.3 is 14.6 Å². The molecule has 1 N–H and O–H groups in total. The molecule has 0 aliphatic carbocycles. The Morgan fingerprint density at radius 1 is 1.45 bits per heavy atom. The number of hydrogen-bond acceptors (Lipinski definition) is 5. The van der Waals surface area contributed by atoms with Crippen molar-refractivity contribution >= 4 is 27.6 Å². The largest absolute Gasteiger partial charge is 0.478 e. The van der Waals surface area contributed by atoms with E-state index in [1.807, 2.05) is 0 Å². The van der Waals surface area contributed by atoms with Crippen LogP contribution in [0.4, 0.5) is 4.39 Å². The Morgan fingerprint density at radius 2 is 2.05 bits per heavy atom. The van der Waals surface area contributed by atoms with Gasteiger partial charge in [-0.1, -0.05) is 11.6 Å². The molecule has 122 valence electrons. The molecule has 7 nitrogen and oxygen atoms in total. The van der Waals surface area contributed by atoms with Crippen LogP contribution in [0.25, 0.3) is 0 Å². The highest BCUT2D eigenvalue weighted by Gasteiger charge is 2.30. The molecule has 2 rings (SSSR count). The lowest BCUT2D eigenvalue weighted by Gasteiger charge is -2.20. The van der Waals surface area contributed by atoms with Crippen LogP contribution in [-0.4, -0.2) is 56.9 Å². The Bertz CT molecular complexity index is 689. The van der Waals surface area contributed by atoms with Gasteiger partial charge in [0.05, 0.1) is 30.3 Å². The SMILES string of the molecule is CN(CC1OCCO1)S(=O)(=O)c1cc(C(=O)O)c(Cl)cc1F. The molecule has 0 atom stereocenters. The van der Waals surface area contributed by atoms with Gasteiger partial charge in [0.25, 0.3) is 0 Å². The van der Waals surface area contributed by atoms with Crippen LogP contribution in [0, 0.1) is 5.82 Å². The topological polar surface area (TPSA) is 93.1 Å². The third-order valence-electron chi connectivity index (χ3n) is 3.04. The van der Waals surface area contributed by atoms with Crippen molar-refractivity contribution in [3.63, 3.8) is 0 Å². The number of carboxylic acids is 1. The van der Waals surface area contributed by atoms with Gasteiger partial charge in [-0.3, -0.25) is 0 Å². The van der Waals surface area contributed by atoms with E-state index in [4.69, 9.17) is 26.2 Å². The lowest BCUT2D eigenvalue weighted by atomic mass is 10.2. The maximum absolute atomic E-state index is 13.9. The minimum atomic E-state index is -4.25. The van der Waals surface area contributed by atoms with Crippen LogP contribution >= 0.6 is 11.6 Å². The number of likely N-dealkylation sites (N-methyl/N-ethyl adjacent to an activating group) is 1. The number of rotatable bonds is 5. The molecule has 1 heterocycles. The van der Waals surface area contributed by atoms with Crippen molar-refractivity contribution in [2.45, 2.75) is 11.2 Å². The van der Waals surface area contributed by atoms with Crippen LogP contribution < -0.4 is 0 Å². The molecule has 22 heavy (non-hydrogen) atoms. The fraction of sp³-hybridized carbons (Fsp3) is 0.417. The molecule has 1 aliphatic heterocycles. The van der Waals surface area contributed by atoms with E-state index in [9.17, 15) is 17.6 Å². The molecule has 1 fully saturated rings. The normalized spacial score (nSPS) is 16.4. The molecule has 1 aromatic rings. The number of benzene rings is 1. The molecular formula is C12H13ClFNO6S. The quantitative estimate of drug-likeness (QED) is 0.854. The molecule has 0 aromatic heterocycles. The van der Waals surface area contributed by atoms with Crippen LogP contribution in [-0.2, 0) is 19.5 Å². The summed E-state index contributed by atoms with van der Waals surface area (Å²) in [7, 11) is -3.04. The molecule has 1 saturated heterocycles. The Hall–Kier alpha value is -1.26. The van der Waals surface area contributed by atoms with Gasteiger partial charge in [-0.2, -0.15) is 4.31 Å². The molecule has 0 amide bonds. The highest BCUT2D eigenvalue weighted by molar-refractivity contribution is 7.89. The van der Waals surface area contributed by atoms with Gasteiger partial charge in [0.15, 0.2) is 6.29 Å². The zero-order valence-corrected chi connectivity index (χ0v) is 13.0. The summed E-state index contributed by atoms with van der Waals surface area (Å²) >= 11 is 5.59. The molecular weight excluding hydrogens is 341 g/mol. The zero-order valence-electron chi connectivity index (χ0n) is 11.5. The monoisotopic (exact) mass is 353 g/mol. The lowest BCUT2D eigenvalue weighted by Crippen LogP contribution is -2.35. The minimum absolute atomic E-state index is 0.146. The summed E-state index contributed by atoms with van der Waals surface area (Å²) in [5, 5.41) is 8.58. The third-order valence-corrected chi connectivity index (χ3v) is 5.19. The Labute approximate surface area is 131 Å². The predicted octanol–water partition coefficient (Wildman–Crippen LogP) is 1.17. The summed E-state index contributed by atoms with van der Waals surface area (Å²) in [6.07, 6.45) is -0.742. The second-order valence-corrected chi connectivity index (χ2v) is 6.94. The predicted molar refractivity (Wildman–Crippen MR) is 73.9 cm³/mol. The van der Waals surface area contributed by atoms with Crippen LogP contribution in [0.2, 0.25) is 5.02 Å². The summed E-state index contributed by atoms with van der Waals surface area (Å²) < 4.78 is 49.7. The summed E-state index contributed by atoms with van der Waals surface area (Å²) in [4.78, 5) is 10.2. The average Bonchev–Trinajstić information content (AvgIpc) is 2.90. The van der Waals surface area contributed by atoms with Crippen LogP contribution in [0.1, 0.15) is 10.4 Å². The van der Waals surface area contributed by atoms with Crippen LogP contribution in [0.5, 0.6) is 0 Å². The maximum atomic E-state index is 13.9. The van der Waals surface area contributed by atoms with E-state index in [0.717, 1.165) is 4.31 Å². The van der Waals surface area contributed by atoms with Gasteiger partial charge in [0.1, 0.15) is 10.7 Å². The minimum Gasteiger partial charge on any atom is -0.478 e. The molecule has 1 aliphatic rings. The van der Waals surface area contributed by atoms with E-state index in [2.05, 4.69) is 0 Å². The van der Waals surface area contributed by atoms with Crippen molar-refractivity contribution in [2.75, 3.05) is 26.8 Å². The first-order valence-electron chi connectivity index (χ1n) is 6.15. The Kier molecular flexibility index (Phi) is 5.03. The van der Waals surface area contributed by atoms with Gasteiger partial charge in [-0.15, -0.1) is 0 Å². The van der Waals surface area contributed by atoms with Gasteiger partial charge in [0.2, 0.25) is 10.0 Å². The summed E-state index contributed by atoms with van der Waals surface area (Å²) in [6.45, 7) is 0.543. The smallest absolute Gasteiger partial charge is 0.337 e. The highest BCUT2D eigenvalue weighted by atomic mass is 35.5. The van der Waals surface area contributed by atoms with E-state index in [-0.39, 0.29) is 11.6 Å². The van der Waals surface area contributed by atoms with Crippen molar-refractivity contribution in [1.82, 2.24) is 4.31 Å². The van der Waals surface area contributed by atoms with Gasteiger partial charge >= 0.3 is 5.97 Å². The molecule has 0 radical (unpaired) electrons.